The van der Waals surface area contributed by atoms with Crippen molar-refractivity contribution in [2.24, 2.45) is 16.7 Å². The summed E-state index contributed by atoms with van der Waals surface area (Å²) in [6.07, 6.45) is 5.93. The van der Waals surface area contributed by atoms with Crippen LogP contribution >= 0.6 is 0 Å². The van der Waals surface area contributed by atoms with Crippen molar-refractivity contribution in [1.82, 2.24) is 10.3 Å². The summed E-state index contributed by atoms with van der Waals surface area (Å²) in [5.41, 5.74) is 1.94. The molecule has 0 spiro atoms. The third kappa shape index (κ3) is 2.25. The van der Waals surface area contributed by atoms with E-state index in [1.807, 2.05) is 24.4 Å². The van der Waals surface area contributed by atoms with E-state index >= 15 is 0 Å². The Bertz CT molecular complexity index is 432. The van der Waals surface area contributed by atoms with Gasteiger partial charge >= 0.3 is 18.9 Å². The molecule has 0 aliphatic heterocycles. The zero-order valence-corrected chi connectivity index (χ0v) is 12.6. The van der Waals surface area contributed by atoms with Gasteiger partial charge in [0.15, 0.2) is 0 Å². The number of hydrogen-bond acceptors (Lipinski definition) is 2. The molecule has 2 nitrogen and oxygen atoms in total. The summed E-state index contributed by atoms with van der Waals surface area (Å²) in [7, 11) is 0. The molecule has 19 heavy (non-hydrogen) atoms. The molecule has 0 saturated heterocycles. The maximum absolute atomic E-state index is 4.34. The third-order valence-electron chi connectivity index (χ3n) is 5.91. The van der Waals surface area contributed by atoms with E-state index in [0.717, 1.165) is 11.6 Å². The molecule has 0 aromatic carbocycles. The van der Waals surface area contributed by atoms with E-state index in [1.54, 1.807) is 0 Å². The summed E-state index contributed by atoms with van der Waals surface area (Å²) in [6.45, 7) is 9.46. The number of pyridine rings is 1. The van der Waals surface area contributed by atoms with Crippen LogP contribution in [0.25, 0.3) is 0 Å². The summed E-state index contributed by atoms with van der Waals surface area (Å²) in [5.74, 6) is 0.886. The smallest absolute Gasteiger partial charge is 0.368 e. The number of nitrogens with zero attached hydrogens (tertiary/aromatic N) is 1. The van der Waals surface area contributed by atoms with Gasteiger partial charge in [-0.2, -0.15) is 6.07 Å². The fraction of sp³-hybridized carbons (Fsp3) is 0.625. The first-order chi connectivity index (χ1) is 8.54. The molecule has 2 aliphatic rings. The molecule has 3 heteroatoms. The zero-order valence-electron chi connectivity index (χ0n) is 12.6. The Kier molecular flexibility index (Phi) is 4.07. The van der Waals surface area contributed by atoms with E-state index in [0.29, 0.717) is 16.9 Å². The molecule has 98 valence electrons. The minimum absolute atomic E-state index is 0. The molecule has 3 rings (SSSR count). The standard InChI is InChI=1S/C16H23N2.Li/c1-15(2)12-7-8-16(15,3)14(10-12)18-11-13-6-4-5-9-17-13;/h4-6,9,11-12,14,18H,7-8,10H2,1-3H3;/q-1;+1/t12-,14?,16+;/m1./s1. The number of fused-ring (bicyclic) bond motifs is 2. The minimum Gasteiger partial charge on any atom is -0.368 e. The van der Waals surface area contributed by atoms with Gasteiger partial charge in [0.25, 0.3) is 0 Å². The van der Waals surface area contributed by atoms with Gasteiger partial charge in [-0.25, -0.2) is 0 Å². The average Bonchev–Trinajstić information content (AvgIpc) is 2.70. The van der Waals surface area contributed by atoms with Gasteiger partial charge in [0.1, 0.15) is 0 Å². The van der Waals surface area contributed by atoms with Crippen molar-refractivity contribution >= 4 is 0 Å². The van der Waals surface area contributed by atoms with Crippen molar-refractivity contribution in [1.29, 1.82) is 0 Å². The predicted octanol–water partition coefficient (Wildman–Crippen LogP) is 0.400. The number of hydrogen-bond donors (Lipinski definition) is 1. The quantitative estimate of drug-likeness (QED) is 0.620. The maximum atomic E-state index is 4.34. The zero-order chi connectivity index (χ0) is 12.8. The van der Waals surface area contributed by atoms with Crippen LogP contribution in [0.5, 0.6) is 0 Å². The van der Waals surface area contributed by atoms with Gasteiger partial charge in [-0.05, 0) is 36.0 Å². The molecule has 1 aromatic heterocycles. The SMILES string of the molecule is CC1(C)[C@@H]2CC[C@@]1(C)C(N[CH-]c1ccccn1)C2.[Li+]. The van der Waals surface area contributed by atoms with Gasteiger partial charge < -0.3 is 5.32 Å². The second kappa shape index (κ2) is 5.17. The fourth-order valence-corrected chi connectivity index (χ4v) is 4.10. The van der Waals surface area contributed by atoms with Crippen LogP contribution in [-0.2, 0) is 0 Å². The molecule has 2 aliphatic carbocycles. The first kappa shape index (κ1) is 15.0. The monoisotopic (exact) mass is 250 g/mol. The van der Waals surface area contributed by atoms with Crippen molar-refractivity contribution in [2.75, 3.05) is 0 Å². The summed E-state index contributed by atoms with van der Waals surface area (Å²) in [4.78, 5) is 4.34. The molecular weight excluding hydrogens is 227 g/mol. The van der Waals surface area contributed by atoms with Crippen LogP contribution in [-0.4, -0.2) is 11.0 Å². The van der Waals surface area contributed by atoms with Crippen LogP contribution in [0.4, 0.5) is 0 Å². The van der Waals surface area contributed by atoms with E-state index in [4.69, 9.17) is 0 Å². The van der Waals surface area contributed by atoms with Crippen LogP contribution in [0.15, 0.2) is 24.4 Å². The summed E-state index contributed by atoms with van der Waals surface area (Å²) in [5, 5.41) is 3.64. The predicted molar refractivity (Wildman–Crippen MR) is 73.8 cm³/mol. The molecular formula is C16H23LiN2. The maximum Gasteiger partial charge on any atom is 1.00 e. The summed E-state index contributed by atoms with van der Waals surface area (Å²) >= 11 is 0. The first-order valence-corrected chi connectivity index (χ1v) is 7.04. The Morgan fingerprint density at radius 1 is 1.32 bits per heavy atom. The van der Waals surface area contributed by atoms with Gasteiger partial charge in [-0.1, -0.05) is 32.5 Å². The van der Waals surface area contributed by atoms with Crippen molar-refractivity contribution in [3.8, 4) is 0 Å². The second-order valence-corrected chi connectivity index (χ2v) is 6.73. The minimum atomic E-state index is 0. The van der Waals surface area contributed by atoms with Crippen LogP contribution in [0.3, 0.4) is 0 Å². The van der Waals surface area contributed by atoms with Crippen molar-refractivity contribution < 1.29 is 18.9 Å². The summed E-state index contributed by atoms with van der Waals surface area (Å²) < 4.78 is 0. The molecule has 1 heterocycles. The number of rotatable bonds is 3. The molecule has 2 bridgehead atoms. The molecule has 2 fully saturated rings. The topological polar surface area (TPSA) is 24.9 Å². The number of aromatic nitrogens is 1. The van der Waals surface area contributed by atoms with Gasteiger partial charge in [0.2, 0.25) is 0 Å². The van der Waals surface area contributed by atoms with E-state index in [9.17, 15) is 0 Å². The molecule has 1 aromatic rings. The largest absolute Gasteiger partial charge is 1.00 e. The Labute approximate surface area is 129 Å². The van der Waals surface area contributed by atoms with Crippen molar-refractivity contribution in [2.45, 2.75) is 46.1 Å². The van der Waals surface area contributed by atoms with E-state index in [1.165, 1.54) is 19.3 Å². The third-order valence-corrected chi connectivity index (χ3v) is 5.91. The van der Waals surface area contributed by atoms with Gasteiger partial charge in [0.05, 0.1) is 0 Å². The fourth-order valence-electron chi connectivity index (χ4n) is 4.10. The van der Waals surface area contributed by atoms with Crippen LogP contribution in [0.1, 0.15) is 45.7 Å². The number of nitrogens with one attached hydrogen (secondary N) is 1. The van der Waals surface area contributed by atoms with Crippen LogP contribution in [0.2, 0.25) is 0 Å². The van der Waals surface area contributed by atoms with Crippen molar-refractivity contribution in [3.63, 3.8) is 0 Å². The van der Waals surface area contributed by atoms with E-state index in [2.05, 4.69) is 37.6 Å². The van der Waals surface area contributed by atoms with Gasteiger partial charge in [-0.15, -0.1) is 12.6 Å². The molecule has 0 radical (unpaired) electrons. The van der Waals surface area contributed by atoms with Crippen LogP contribution < -0.4 is 24.2 Å². The second-order valence-electron chi connectivity index (χ2n) is 6.73. The normalized spacial score (nSPS) is 34.9. The molecule has 1 N–H and O–H groups in total. The molecule has 2 saturated carbocycles. The molecule has 0 amide bonds. The first-order valence-electron chi connectivity index (χ1n) is 7.04. The van der Waals surface area contributed by atoms with Gasteiger partial charge in [-0.3, -0.25) is 4.98 Å². The Morgan fingerprint density at radius 2 is 2.11 bits per heavy atom. The van der Waals surface area contributed by atoms with E-state index < -0.39 is 0 Å². The molecule has 1 unspecified atom stereocenters. The Balaban J connectivity index is 0.00000133. The molecule has 3 atom stereocenters. The Hall–Kier alpha value is -0.423. The van der Waals surface area contributed by atoms with E-state index in [-0.39, 0.29) is 18.9 Å². The van der Waals surface area contributed by atoms with Crippen molar-refractivity contribution in [3.05, 3.63) is 36.6 Å². The Morgan fingerprint density at radius 3 is 2.63 bits per heavy atom. The average molecular weight is 250 g/mol. The van der Waals surface area contributed by atoms with Crippen LogP contribution in [0, 0.1) is 23.3 Å². The summed E-state index contributed by atoms with van der Waals surface area (Å²) in [6, 6.07) is 6.65. The van der Waals surface area contributed by atoms with Gasteiger partial charge in [0, 0.05) is 12.2 Å².